The normalized spacial score (nSPS) is 20.1. The number of carbonyl (C=O) groups excluding carboxylic acids is 2. The monoisotopic (exact) mass is 247 g/mol. The Morgan fingerprint density at radius 2 is 2.31 bits per heavy atom. The molecular weight excluding hydrogens is 234 g/mol. The Balaban J connectivity index is 2.76. The van der Waals surface area contributed by atoms with Gasteiger partial charge in [-0.3, -0.25) is 0 Å². The second-order valence-electron chi connectivity index (χ2n) is 3.33. The van der Waals surface area contributed by atoms with Crippen LogP contribution in [0.4, 0.5) is 4.79 Å². The molecule has 1 unspecified atom stereocenters. The molecule has 0 aliphatic carbocycles. The van der Waals surface area contributed by atoms with Gasteiger partial charge in [-0.05, 0) is 13.3 Å². The van der Waals surface area contributed by atoms with E-state index in [1.54, 1.807) is 13.0 Å². The maximum absolute atomic E-state index is 11.5. The highest BCUT2D eigenvalue weighted by atomic mass is 35.5. The van der Waals surface area contributed by atoms with Gasteiger partial charge in [-0.15, -0.1) is 0 Å². The molecule has 1 atom stereocenters. The molecule has 1 rings (SSSR count). The molecule has 0 bridgehead atoms. The number of rotatable bonds is 2. The van der Waals surface area contributed by atoms with Gasteiger partial charge in [-0.2, -0.15) is 0 Å². The summed E-state index contributed by atoms with van der Waals surface area (Å²) in [6, 6.07) is -0.545. The summed E-state index contributed by atoms with van der Waals surface area (Å²) in [5, 5.41) is 0. The van der Waals surface area contributed by atoms with Gasteiger partial charge < -0.3 is 14.4 Å². The fraction of sp³-hybridized carbons (Fsp3) is 0.600. The summed E-state index contributed by atoms with van der Waals surface area (Å²) < 4.78 is 9.32. The van der Waals surface area contributed by atoms with Crippen molar-refractivity contribution in [2.24, 2.45) is 0 Å². The molecule has 16 heavy (non-hydrogen) atoms. The molecule has 1 amide bonds. The lowest BCUT2D eigenvalue weighted by Gasteiger charge is -2.31. The van der Waals surface area contributed by atoms with E-state index in [9.17, 15) is 9.59 Å². The third-order valence-electron chi connectivity index (χ3n) is 2.49. The zero-order chi connectivity index (χ0) is 12.1. The number of hydrogen-bond donors (Lipinski definition) is 0. The molecule has 0 fully saturated rings. The van der Waals surface area contributed by atoms with E-state index >= 15 is 0 Å². The number of amides is 1. The summed E-state index contributed by atoms with van der Waals surface area (Å²) in [6.07, 6.45) is 1.87. The van der Waals surface area contributed by atoms with Crippen molar-refractivity contribution >= 4 is 23.7 Å². The Morgan fingerprint density at radius 1 is 1.62 bits per heavy atom. The topological polar surface area (TPSA) is 55.8 Å². The molecule has 0 radical (unpaired) electrons. The van der Waals surface area contributed by atoms with Crippen LogP contribution in [0, 0.1) is 0 Å². The van der Waals surface area contributed by atoms with Crippen molar-refractivity contribution in [3.63, 3.8) is 0 Å². The minimum atomic E-state index is -0.517. The summed E-state index contributed by atoms with van der Waals surface area (Å²) in [6.45, 7) is 2.26. The van der Waals surface area contributed by atoms with Gasteiger partial charge in [0.1, 0.15) is 0 Å². The van der Waals surface area contributed by atoms with Crippen LogP contribution in [0.2, 0.25) is 0 Å². The van der Waals surface area contributed by atoms with Gasteiger partial charge in [0.05, 0.1) is 18.7 Å². The van der Waals surface area contributed by atoms with Crippen LogP contribution in [-0.2, 0) is 14.3 Å². The quantitative estimate of drug-likeness (QED) is 0.548. The van der Waals surface area contributed by atoms with Crippen LogP contribution in [0.25, 0.3) is 0 Å². The second kappa shape index (κ2) is 5.75. The molecule has 5 nitrogen and oxygen atoms in total. The summed E-state index contributed by atoms with van der Waals surface area (Å²) in [5.41, 5.74) is 0.472. The maximum Gasteiger partial charge on any atom is 0.411 e. The van der Waals surface area contributed by atoms with Gasteiger partial charge in [0, 0.05) is 6.54 Å². The number of alkyl halides is 1. The van der Waals surface area contributed by atoms with Crippen molar-refractivity contribution in [3.8, 4) is 0 Å². The van der Waals surface area contributed by atoms with E-state index in [4.69, 9.17) is 11.6 Å². The predicted octanol–water partition coefficient (Wildman–Crippen LogP) is 1.51. The highest BCUT2D eigenvalue weighted by Gasteiger charge is 2.30. The third-order valence-corrected chi connectivity index (χ3v) is 2.59. The average molecular weight is 248 g/mol. The Labute approximate surface area is 98.9 Å². The average Bonchev–Trinajstić information content (AvgIpc) is 2.28. The molecule has 0 aromatic carbocycles. The number of hydrogen-bond acceptors (Lipinski definition) is 4. The predicted molar refractivity (Wildman–Crippen MR) is 58.1 cm³/mol. The number of esters is 1. The van der Waals surface area contributed by atoms with Crippen LogP contribution in [0.1, 0.15) is 13.3 Å². The molecule has 0 aromatic rings. The first kappa shape index (κ1) is 12.8. The molecule has 6 heteroatoms. The van der Waals surface area contributed by atoms with Gasteiger partial charge in [0.2, 0.25) is 0 Å². The van der Waals surface area contributed by atoms with E-state index in [1.165, 1.54) is 12.0 Å². The number of halogens is 1. The smallest absolute Gasteiger partial charge is 0.411 e. The molecule has 1 heterocycles. The Hall–Kier alpha value is -1.23. The standard InChI is InChI=1S/C10H14ClNO4/c1-7-8(9(13)15-2)4-3-5-12(7)10(14)16-6-11/h4,7H,3,5-6H2,1-2H3. The third kappa shape index (κ3) is 2.66. The van der Waals surface area contributed by atoms with E-state index in [0.29, 0.717) is 18.5 Å². The molecule has 1 aliphatic rings. The van der Waals surface area contributed by atoms with Crippen molar-refractivity contribution in [1.82, 2.24) is 4.90 Å². The van der Waals surface area contributed by atoms with Crippen LogP contribution in [-0.4, -0.2) is 42.7 Å². The first-order valence-electron chi connectivity index (χ1n) is 4.89. The minimum absolute atomic E-state index is 0.195. The van der Waals surface area contributed by atoms with Gasteiger partial charge in [-0.25, -0.2) is 9.59 Å². The van der Waals surface area contributed by atoms with E-state index in [-0.39, 0.29) is 12.1 Å². The van der Waals surface area contributed by atoms with Crippen LogP contribution < -0.4 is 0 Å². The van der Waals surface area contributed by atoms with Crippen molar-refractivity contribution in [2.45, 2.75) is 19.4 Å². The summed E-state index contributed by atoms with van der Waals surface area (Å²) in [4.78, 5) is 24.4. The summed E-state index contributed by atoms with van der Waals surface area (Å²) >= 11 is 5.31. The van der Waals surface area contributed by atoms with E-state index in [2.05, 4.69) is 9.47 Å². The lowest BCUT2D eigenvalue weighted by atomic mass is 10.0. The molecule has 0 saturated carbocycles. The molecule has 0 spiro atoms. The number of nitrogens with zero attached hydrogens (tertiary/aromatic N) is 1. The minimum Gasteiger partial charge on any atom is -0.466 e. The molecule has 0 aromatic heterocycles. The SMILES string of the molecule is COC(=O)C1=CCCN(C(=O)OCCl)C1C. The fourth-order valence-corrected chi connectivity index (χ4v) is 1.74. The van der Waals surface area contributed by atoms with E-state index < -0.39 is 12.1 Å². The number of carbonyl (C=O) groups is 2. The number of ether oxygens (including phenoxy) is 2. The van der Waals surface area contributed by atoms with Gasteiger partial charge in [0.25, 0.3) is 0 Å². The van der Waals surface area contributed by atoms with Crippen LogP contribution in [0.3, 0.4) is 0 Å². The Morgan fingerprint density at radius 3 is 2.88 bits per heavy atom. The zero-order valence-corrected chi connectivity index (χ0v) is 9.99. The largest absolute Gasteiger partial charge is 0.466 e. The van der Waals surface area contributed by atoms with Gasteiger partial charge >= 0.3 is 12.1 Å². The molecular formula is C10H14ClNO4. The van der Waals surface area contributed by atoms with Crippen molar-refractivity contribution in [1.29, 1.82) is 0 Å². The lowest BCUT2D eigenvalue weighted by molar-refractivity contribution is -0.136. The van der Waals surface area contributed by atoms with Crippen LogP contribution in [0.5, 0.6) is 0 Å². The van der Waals surface area contributed by atoms with E-state index in [1.807, 2.05) is 0 Å². The van der Waals surface area contributed by atoms with Gasteiger partial charge in [-0.1, -0.05) is 17.7 Å². The Bertz CT molecular complexity index is 316. The molecule has 90 valence electrons. The number of methoxy groups -OCH3 is 1. The lowest BCUT2D eigenvalue weighted by Crippen LogP contribution is -2.44. The molecule has 1 aliphatic heterocycles. The van der Waals surface area contributed by atoms with Crippen molar-refractivity contribution < 1.29 is 19.1 Å². The maximum atomic E-state index is 11.5. The zero-order valence-electron chi connectivity index (χ0n) is 9.23. The van der Waals surface area contributed by atoms with Crippen molar-refractivity contribution in [2.75, 3.05) is 19.7 Å². The first-order chi connectivity index (χ1) is 7.61. The molecule has 0 N–H and O–H groups in total. The summed E-state index contributed by atoms with van der Waals surface area (Å²) in [5.74, 6) is -0.420. The van der Waals surface area contributed by atoms with Crippen LogP contribution in [0.15, 0.2) is 11.6 Å². The summed E-state index contributed by atoms with van der Waals surface area (Å²) in [7, 11) is 1.31. The molecule has 0 saturated heterocycles. The first-order valence-corrected chi connectivity index (χ1v) is 5.43. The van der Waals surface area contributed by atoms with Gasteiger partial charge in [0.15, 0.2) is 6.07 Å². The van der Waals surface area contributed by atoms with Crippen molar-refractivity contribution in [3.05, 3.63) is 11.6 Å². The van der Waals surface area contributed by atoms with E-state index in [0.717, 1.165) is 0 Å². The fourth-order valence-electron chi connectivity index (χ4n) is 1.64. The highest BCUT2D eigenvalue weighted by molar-refractivity contribution is 6.17. The Kier molecular flexibility index (Phi) is 4.61. The van der Waals surface area contributed by atoms with Crippen LogP contribution >= 0.6 is 11.6 Å². The highest BCUT2D eigenvalue weighted by Crippen LogP contribution is 2.19. The second-order valence-corrected chi connectivity index (χ2v) is 3.55.